The fraction of sp³-hybridized carbons (Fsp3) is 0.600. The zero-order valence-corrected chi connectivity index (χ0v) is 12.0. The van der Waals surface area contributed by atoms with Gasteiger partial charge in [0.05, 0.1) is 18.8 Å². The van der Waals surface area contributed by atoms with Crippen LogP contribution in [-0.2, 0) is 17.5 Å². The number of halogens is 3. The molecule has 1 aromatic rings. The predicted octanol–water partition coefficient (Wildman–Crippen LogP) is 3.06. The smallest absolute Gasteiger partial charge is 0.392 e. The third-order valence-electron chi connectivity index (χ3n) is 3.63. The van der Waals surface area contributed by atoms with Crippen LogP contribution >= 0.6 is 0 Å². The first-order valence-corrected chi connectivity index (χ1v) is 7.01. The molecule has 0 aliphatic heterocycles. The summed E-state index contributed by atoms with van der Waals surface area (Å²) in [5.74, 6) is 0.677. The molecule has 1 aliphatic rings. The highest BCUT2D eigenvalue weighted by Gasteiger charge is 2.33. The van der Waals surface area contributed by atoms with Gasteiger partial charge < -0.3 is 14.7 Å². The zero-order valence-electron chi connectivity index (χ0n) is 12.0. The number of aliphatic hydroxyl groups is 1. The topological polar surface area (TPSA) is 32.7 Å². The molecule has 1 N–H and O–H groups in total. The minimum Gasteiger partial charge on any atom is -0.392 e. The first-order chi connectivity index (χ1) is 9.91. The normalized spacial score (nSPS) is 15.3. The lowest BCUT2D eigenvalue weighted by Gasteiger charge is -2.21. The van der Waals surface area contributed by atoms with Gasteiger partial charge in [-0.3, -0.25) is 0 Å². The fourth-order valence-corrected chi connectivity index (χ4v) is 2.07. The molecule has 0 bridgehead atoms. The maximum Gasteiger partial charge on any atom is 0.416 e. The van der Waals surface area contributed by atoms with E-state index in [-0.39, 0.29) is 5.56 Å². The Labute approximate surface area is 122 Å². The molecular formula is C15H20F3NO2. The van der Waals surface area contributed by atoms with Gasteiger partial charge in [0.2, 0.25) is 0 Å². The zero-order chi connectivity index (χ0) is 15.5. The third kappa shape index (κ3) is 4.61. The molecule has 0 spiro atoms. The van der Waals surface area contributed by atoms with Gasteiger partial charge in [0.25, 0.3) is 0 Å². The van der Waals surface area contributed by atoms with Gasteiger partial charge in [0.1, 0.15) is 0 Å². The van der Waals surface area contributed by atoms with Gasteiger partial charge in [-0.2, -0.15) is 13.2 Å². The van der Waals surface area contributed by atoms with E-state index >= 15 is 0 Å². The second-order valence-corrected chi connectivity index (χ2v) is 5.44. The summed E-state index contributed by atoms with van der Waals surface area (Å²) in [4.78, 5) is 1.73. The van der Waals surface area contributed by atoms with Crippen molar-refractivity contribution in [3.8, 4) is 0 Å². The van der Waals surface area contributed by atoms with E-state index in [0.717, 1.165) is 12.7 Å². The van der Waals surface area contributed by atoms with Crippen molar-refractivity contribution in [3.05, 3.63) is 29.3 Å². The number of hydrogen-bond donors (Lipinski definition) is 1. The highest BCUT2D eigenvalue weighted by Crippen LogP contribution is 2.34. The molecule has 1 saturated carbocycles. The van der Waals surface area contributed by atoms with Crippen molar-refractivity contribution in [3.63, 3.8) is 0 Å². The van der Waals surface area contributed by atoms with Crippen molar-refractivity contribution in [2.75, 3.05) is 31.7 Å². The second-order valence-electron chi connectivity index (χ2n) is 5.44. The van der Waals surface area contributed by atoms with Crippen molar-refractivity contribution in [1.82, 2.24) is 0 Å². The molecule has 0 radical (unpaired) electrons. The molecule has 21 heavy (non-hydrogen) atoms. The summed E-state index contributed by atoms with van der Waals surface area (Å²) in [5, 5.41) is 9.01. The lowest BCUT2D eigenvalue weighted by atomic mass is 10.1. The number of alkyl halides is 3. The van der Waals surface area contributed by atoms with Gasteiger partial charge in [0, 0.05) is 25.9 Å². The average Bonchev–Trinajstić information content (AvgIpc) is 3.26. The number of nitrogens with zero attached hydrogens (tertiary/aromatic N) is 1. The molecule has 0 atom stereocenters. The predicted molar refractivity (Wildman–Crippen MR) is 74.2 cm³/mol. The van der Waals surface area contributed by atoms with E-state index in [4.69, 9.17) is 9.84 Å². The summed E-state index contributed by atoms with van der Waals surface area (Å²) in [7, 11) is 1.73. The lowest BCUT2D eigenvalue weighted by molar-refractivity contribution is -0.138. The highest BCUT2D eigenvalue weighted by atomic mass is 19.4. The Morgan fingerprint density at radius 2 is 2.05 bits per heavy atom. The van der Waals surface area contributed by atoms with E-state index in [0.29, 0.717) is 24.8 Å². The Bertz CT molecular complexity index is 472. The van der Waals surface area contributed by atoms with Gasteiger partial charge in [-0.25, -0.2) is 0 Å². The summed E-state index contributed by atoms with van der Waals surface area (Å²) in [6, 6.07) is 3.98. The summed E-state index contributed by atoms with van der Waals surface area (Å²) < 4.78 is 44.3. The van der Waals surface area contributed by atoms with Gasteiger partial charge in [-0.15, -0.1) is 0 Å². The van der Waals surface area contributed by atoms with Crippen molar-refractivity contribution in [2.45, 2.75) is 25.6 Å². The van der Waals surface area contributed by atoms with Crippen LogP contribution in [0.4, 0.5) is 18.9 Å². The molecule has 0 unspecified atom stereocenters. The van der Waals surface area contributed by atoms with Crippen LogP contribution in [0.1, 0.15) is 24.0 Å². The van der Waals surface area contributed by atoms with Gasteiger partial charge >= 0.3 is 6.18 Å². The summed E-state index contributed by atoms with van der Waals surface area (Å²) in [6.45, 7) is 1.15. The number of rotatable bonds is 7. The Kier molecular flexibility index (Phi) is 5.11. The second kappa shape index (κ2) is 6.66. The first-order valence-electron chi connectivity index (χ1n) is 7.01. The number of hydrogen-bond acceptors (Lipinski definition) is 3. The molecule has 3 nitrogen and oxygen atoms in total. The van der Waals surface area contributed by atoms with Gasteiger partial charge in [0.15, 0.2) is 0 Å². The Morgan fingerprint density at radius 1 is 1.33 bits per heavy atom. The molecule has 6 heteroatoms. The number of benzene rings is 1. The first kappa shape index (κ1) is 16.1. The van der Waals surface area contributed by atoms with Crippen LogP contribution in [0, 0.1) is 5.92 Å². The minimum absolute atomic E-state index is 0.107. The Balaban J connectivity index is 1.97. The summed E-state index contributed by atoms with van der Waals surface area (Å²) >= 11 is 0. The van der Waals surface area contributed by atoms with Crippen molar-refractivity contribution in [2.24, 2.45) is 5.92 Å². The molecule has 0 heterocycles. The van der Waals surface area contributed by atoms with E-state index in [1.54, 1.807) is 18.0 Å². The quantitative estimate of drug-likeness (QED) is 0.786. The summed E-state index contributed by atoms with van der Waals surface area (Å²) in [6.07, 6.45) is -2.03. The van der Waals surface area contributed by atoms with Crippen LogP contribution in [0.25, 0.3) is 0 Å². The van der Waals surface area contributed by atoms with Crippen LogP contribution in [0.2, 0.25) is 0 Å². The number of likely N-dealkylation sites (N-methyl/N-ethyl adjacent to an activating group) is 1. The van der Waals surface area contributed by atoms with E-state index < -0.39 is 18.3 Å². The highest BCUT2D eigenvalue weighted by molar-refractivity contribution is 5.51. The Hall–Kier alpha value is -1.27. The molecule has 1 aromatic carbocycles. The van der Waals surface area contributed by atoms with Crippen molar-refractivity contribution < 1.29 is 23.0 Å². The monoisotopic (exact) mass is 303 g/mol. The largest absolute Gasteiger partial charge is 0.416 e. The summed E-state index contributed by atoms with van der Waals surface area (Å²) in [5.41, 5.74) is -0.424. The van der Waals surface area contributed by atoms with E-state index in [2.05, 4.69) is 0 Å². The SMILES string of the molecule is CN(CCOCC1CC1)c1ccc(CO)c(C(F)(F)F)c1. The standard InChI is InChI=1S/C15H20F3NO2/c1-19(6-7-21-10-11-2-3-11)13-5-4-12(9-20)14(8-13)15(16,17)18/h4-5,8,11,20H,2-3,6-7,9-10H2,1H3. The minimum atomic E-state index is -4.46. The average molecular weight is 303 g/mol. The molecule has 0 amide bonds. The van der Waals surface area contributed by atoms with Crippen molar-refractivity contribution >= 4 is 5.69 Å². The molecular weight excluding hydrogens is 283 g/mol. The maximum atomic E-state index is 12.9. The molecule has 0 aromatic heterocycles. The number of anilines is 1. The Morgan fingerprint density at radius 3 is 2.62 bits per heavy atom. The lowest BCUT2D eigenvalue weighted by Crippen LogP contribution is -2.23. The van der Waals surface area contributed by atoms with E-state index in [9.17, 15) is 13.2 Å². The van der Waals surface area contributed by atoms with E-state index in [1.165, 1.54) is 18.9 Å². The van der Waals surface area contributed by atoms with Crippen LogP contribution < -0.4 is 4.90 Å². The van der Waals surface area contributed by atoms with Gasteiger partial charge in [-0.05, 0) is 36.5 Å². The number of ether oxygens (including phenoxy) is 1. The van der Waals surface area contributed by atoms with Crippen molar-refractivity contribution in [1.29, 1.82) is 0 Å². The third-order valence-corrected chi connectivity index (χ3v) is 3.63. The molecule has 0 saturated heterocycles. The molecule has 2 rings (SSSR count). The maximum absolute atomic E-state index is 12.9. The van der Waals surface area contributed by atoms with Crippen LogP contribution in [0.15, 0.2) is 18.2 Å². The van der Waals surface area contributed by atoms with Crippen LogP contribution in [0.5, 0.6) is 0 Å². The molecule has 118 valence electrons. The van der Waals surface area contributed by atoms with E-state index in [1.807, 2.05) is 0 Å². The fourth-order valence-electron chi connectivity index (χ4n) is 2.07. The molecule has 1 aliphatic carbocycles. The molecule has 1 fully saturated rings. The van der Waals surface area contributed by atoms with Crippen LogP contribution in [-0.4, -0.2) is 31.9 Å². The van der Waals surface area contributed by atoms with Crippen LogP contribution in [0.3, 0.4) is 0 Å². The number of aliphatic hydroxyl groups excluding tert-OH is 1. The van der Waals surface area contributed by atoms with Gasteiger partial charge in [-0.1, -0.05) is 6.07 Å².